The van der Waals surface area contributed by atoms with Gasteiger partial charge in [0.1, 0.15) is 12.0 Å². The highest BCUT2D eigenvalue weighted by atomic mass is 32.2. The van der Waals surface area contributed by atoms with Gasteiger partial charge in [0.2, 0.25) is 0 Å². The first-order valence-corrected chi connectivity index (χ1v) is 8.63. The van der Waals surface area contributed by atoms with Gasteiger partial charge in [-0.05, 0) is 18.6 Å². The Kier molecular flexibility index (Phi) is 4.49. The largest absolute Gasteiger partial charge is 0.741 e. The van der Waals surface area contributed by atoms with Crippen LogP contribution in [0.2, 0.25) is 0 Å². The topological polar surface area (TPSA) is 112 Å². The van der Waals surface area contributed by atoms with Crippen molar-refractivity contribution in [3.05, 3.63) is 35.0 Å². The zero-order chi connectivity index (χ0) is 18.2. The molecule has 0 amide bonds. The first-order chi connectivity index (χ1) is 11.7. The first-order valence-electron chi connectivity index (χ1n) is 7.23. The van der Waals surface area contributed by atoms with E-state index in [9.17, 15) is 13.2 Å². The van der Waals surface area contributed by atoms with E-state index in [-0.39, 0.29) is 0 Å². The number of hydrogen-bond acceptors (Lipinski definition) is 6. The molecule has 1 aliphatic carbocycles. The van der Waals surface area contributed by atoms with Gasteiger partial charge in [0.15, 0.2) is 15.8 Å². The summed E-state index contributed by atoms with van der Waals surface area (Å²) in [6, 6.07) is 8.50. The van der Waals surface area contributed by atoms with Crippen molar-refractivity contribution in [1.29, 1.82) is 0 Å². The number of nitrogens with zero attached hydrogens (tertiary/aromatic N) is 2. The predicted molar refractivity (Wildman–Crippen MR) is 80.7 cm³/mol. The molecule has 7 nitrogen and oxygen atoms in total. The Morgan fingerprint density at radius 1 is 1.20 bits per heavy atom. The molecule has 11 heteroatoms. The van der Waals surface area contributed by atoms with E-state index < -0.39 is 15.6 Å². The van der Waals surface area contributed by atoms with Gasteiger partial charge in [0.25, 0.3) is 0 Å². The van der Waals surface area contributed by atoms with Crippen molar-refractivity contribution in [1.82, 2.24) is 15.3 Å². The van der Waals surface area contributed by atoms with Crippen LogP contribution < -0.4 is 21.3 Å². The Morgan fingerprint density at radius 2 is 1.80 bits per heavy atom. The van der Waals surface area contributed by atoms with E-state index in [1.807, 2.05) is 24.3 Å². The molecule has 2 aliphatic rings. The summed E-state index contributed by atoms with van der Waals surface area (Å²) < 4.78 is 58.9. The zero-order valence-electron chi connectivity index (χ0n) is 12.6. The SMILES string of the molecule is C1=c2nc3ccccc3nc2=C2[NH2+]CNC2C1.O=S(=O)([O-])C(F)(F)F. The molecule has 1 aliphatic heterocycles. The summed E-state index contributed by atoms with van der Waals surface area (Å²) in [7, 11) is -6.09. The molecule has 134 valence electrons. The minimum absolute atomic E-state index is 0.443. The van der Waals surface area contributed by atoms with Gasteiger partial charge < -0.3 is 9.87 Å². The third-order valence-corrected chi connectivity index (χ3v) is 4.33. The van der Waals surface area contributed by atoms with Crippen LogP contribution in [0, 0.1) is 0 Å². The Balaban J connectivity index is 0.000000197. The van der Waals surface area contributed by atoms with Crippen LogP contribution in [0.3, 0.4) is 0 Å². The Morgan fingerprint density at radius 3 is 2.40 bits per heavy atom. The summed E-state index contributed by atoms with van der Waals surface area (Å²) in [6.45, 7) is 0.946. The van der Waals surface area contributed by atoms with Gasteiger partial charge in [0, 0.05) is 0 Å². The Labute approximate surface area is 140 Å². The molecular weight excluding hydrogens is 361 g/mol. The number of alkyl halides is 3. The van der Waals surface area contributed by atoms with E-state index in [0.717, 1.165) is 34.8 Å². The third-order valence-electron chi connectivity index (χ3n) is 3.76. The molecule has 2 heterocycles. The standard InChI is InChI=1S/C13H12N4.CHF3O3S/c1-2-4-9-8(3-1)16-11-6-5-10-12(13(11)17-9)15-7-14-10;2-1(3,4)8(5,6)7/h1-4,6,10,14-15H,5,7H2;(H,5,6,7). The van der Waals surface area contributed by atoms with Crippen LogP contribution in [0.15, 0.2) is 24.3 Å². The van der Waals surface area contributed by atoms with Crippen molar-refractivity contribution in [3.8, 4) is 0 Å². The molecule has 2 aromatic rings. The van der Waals surface area contributed by atoms with E-state index in [1.165, 1.54) is 5.70 Å². The fraction of sp³-hybridized carbons (Fsp3) is 0.286. The molecule has 25 heavy (non-hydrogen) atoms. The van der Waals surface area contributed by atoms with Crippen molar-refractivity contribution >= 4 is 32.9 Å². The van der Waals surface area contributed by atoms with Gasteiger partial charge in [0.05, 0.1) is 22.4 Å². The molecule has 0 saturated carbocycles. The molecule has 0 radical (unpaired) electrons. The number of rotatable bonds is 0. The van der Waals surface area contributed by atoms with Gasteiger partial charge in [-0.1, -0.05) is 18.2 Å². The van der Waals surface area contributed by atoms with Gasteiger partial charge >= 0.3 is 5.51 Å². The van der Waals surface area contributed by atoms with Crippen molar-refractivity contribution < 1.29 is 31.5 Å². The molecule has 0 bridgehead atoms. The average molecular weight is 374 g/mol. The third kappa shape index (κ3) is 3.63. The van der Waals surface area contributed by atoms with E-state index >= 15 is 0 Å². The lowest BCUT2D eigenvalue weighted by atomic mass is 10.1. The molecule has 3 N–H and O–H groups in total. The number of aromatic nitrogens is 2. The fourth-order valence-corrected chi connectivity index (χ4v) is 2.63. The molecule has 1 saturated heterocycles. The Hall–Kier alpha value is -2.08. The fourth-order valence-electron chi connectivity index (χ4n) is 2.63. The van der Waals surface area contributed by atoms with Crippen molar-refractivity contribution in [3.63, 3.8) is 0 Å². The van der Waals surface area contributed by atoms with Crippen molar-refractivity contribution in [2.24, 2.45) is 0 Å². The summed E-state index contributed by atoms with van der Waals surface area (Å²) in [5.41, 5.74) is -2.37. The summed E-state index contributed by atoms with van der Waals surface area (Å²) in [5.74, 6) is 0. The van der Waals surface area contributed by atoms with Gasteiger partial charge in [-0.2, -0.15) is 13.2 Å². The number of para-hydroxylation sites is 2. The highest BCUT2D eigenvalue weighted by Crippen LogP contribution is 2.20. The second-order valence-corrected chi connectivity index (χ2v) is 6.78. The van der Waals surface area contributed by atoms with E-state index in [0.29, 0.717) is 6.04 Å². The second kappa shape index (κ2) is 6.33. The number of benzene rings is 1. The van der Waals surface area contributed by atoms with Gasteiger partial charge in [-0.3, -0.25) is 5.32 Å². The van der Waals surface area contributed by atoms with E-state index in [2.05, 4.69) is 21.7 Å². The lowest BCUT2D eigenvalue weighted by molar-refractivity contribution is -0.555. The van der Waals surface area contributed by atoms with Crippen LogP contribution in [-0.4, -0.2) is 41.2 Å². The van der Waals surface area contributed by atoms with Crippen LogP contribution in [0.1, 0.15) is 6.42 Å². The summed E-state index contributed by atoms with van der Waals surface area (Å²) >= 11 is 0. The van der Waals surface area contributed by atoms with Crippen LogP contribution in [-0.2, 0) is 10.1 Å². The molecule has 1 atom stereocenters. The number of hydrogen-bond donors (Lipinski definition) is 2. The zero-order valence-corrected chi connectivity index (χ0v) is 13.4. The van der Waals surface area contributed by atoms with Gasteiger partial charge in [-0.25, -0.2) is 18.4 Å². The maximum Gasteiger partial charge on any atom is 0.485 e. The number of quaternary nitrogens is 1. The molecule has 1 aromatic carbocycles. The maximum absolute atomic E-state index is 10.7. The summed E-state index contributed by atoms with van der Waals surface area (Å²) in [4.78, 5) is 9.45. The highest BCUT2D eigenvalue weighted by Gasteiger charge is 2.36. The van der Waals surface area contributed by atoms with Crippen molar-refractivity contribution in [2.45, 2.75) is 18.0 Å². The number of nitrogens with two attached hydrogens (primary N) is 1. The molecule has 1 aromatic heterocycles. The summed E-state index contributed by atoms with van der Waals surface area (Å²) in [6.07, 6.45) is 3.21. The normalized spacial score (nSPS) is 19.5. The van der Waals surface area contributed by atoms with E-state index in [1.54, 1.807) is 0 Å². The number of nitrogens with one attached hydrogen (secondary N) is 1. The number of halogens is 3. The minimum Gasteiger partial charge on any atom is -0.741 e. The highest BCUT2D eigenvalue weighted by molar-refractivity contribution is 7.86. The molecule has 1 fully saturated rings. The first kappa shape index (κ1) is 17.7. The monoisotopic (exact) mass is 374 g/mol. The van der Waals surface area contributed by atoms with Crippen LogP contribution in [0.5, 0.6) is 0 Å². The quantitative estimate of drug-likeness (QED) is 0.427. The minimum atomic E-state index is -6.09. The van der Waals surface area contributed by atoms with Crippen molar-refractivity contribution in [2.75, 3.05) is 6.67 Å². The summed E-state index contributed by atoms with van der Waals surface area (Å²) in [5, 5.41) is 7.79. The van der Waals surface area contributed by atoms with Crippen LogP contribution >= 0.6 is 0 Å². The predicted octanol–water partition coefficient (Wildman–Crippen LogP) is -1.53. The van der Waals surface area contributed by atoms with E-state index in [4.69, 9.17) is 18.0 Å². The maximum atomic E-state index is 10.7. The second-order valence-electron chi connectivity index (χ2n) is 5.41. The molecular formula is C14H13F3N4O3S. The Bertz CT molecular complexity index is 1040. The molecule has 4 rings (SSSR count). The van der Waals surface area contributed by atoms with Crippen LogP contribution in [0.4, 0.5) is 13.2 Å². The van der Waals surface area contributed by atoms with Crippen LogP contribution in [0.25, 0.3) is 22.8 Å². The lowest BCUT2D eigenvalue weighted by Crippen LogP contribution is -2.81. The molecule has 0 spiro atoms. The average Bonchev–Trinajstić information content (AvgIpc) is 3.00. The molecule has 1 unspecified atom stereocenters. The van der Waals surface area contributed by atoms with Gasteiger partial charge in [-0.15, -0.1) is 0 Å². The lowest BCUT2D eigenvalue weighted by Gasteiger charge is -2.09. The smallest absolute Gasteiger partial charge is 0.485 e. The number of fused-ring (bicyclic) bond motifs is 3.